The van der Waals surface area contributed by atoms with Gasteiger partial charge in [-0.3, -0.25) is 0 Å². The molecule has 0 amide bonds. The van der Waals surface area contributed by atoms with Crippen molar-refractivity contribution in [2.75, 3.05) is 0 Å². The number of carbonyl (C=O) groups excluding carboxylic acids is 1. The molecular formula is C21H27FNNaO4. The monoisotopic (exact) mass is 399 g/mol. The first kappa shape index (κ1) is 24.9. The molecular weight excluding hydrogens is 372 g/mol. The second-order valence-electron chi connectivity index (χ2n) is 7.27. The molecule has 0 fully saturated rings. The van der Waals surface area contributed by atoms with E-state index in [1.54, 1.807) is 12.1 Å². The van der Waals surface area contributed by atoms with Gasteiger partial charge in [0.25, 0.3) is 0 Å². The third-order valence-electron chi connectivity index (χ3n) is 4.80. The van der Waals surface area contributed by atoms with Gasteiger partial charge in [0.15, 0.2) is 0 Å². The largest absolute Gasteiger partial charge is 1.00 e. The van der Waals surface area contributed by atoms with Crippen LogP contribution in [-0.4, -0.2) is 33.0 Å². The summed E-state index contributed by atoms with van der Waals surface area (Å²) in [6.45, 7) is 6.17. The van der Waals surface area contributed by atoms with Gasteiger partial charge in [-0.1, -0.05) is 12.1 Å². The van der Waals surface area contributed by atoms with Crippen LogP contribution >= 0.6 is 0 Å². The summed E-state index contributed by atoms with van der Waals surface area (Å²) in [5.74, 6) is -1.63. The molecule has 5 nitrogen and oxygen atoms in total. The fourth-order valence-electron chi connectivity index (χ4n) is 3.41. The van der Waals surface area contributed by atoms with E-state index in [4.69, 9.17) is 0 Å². The third-order valence-corrected chi connectivity index (χ3v) is 4.80. The molecule has 0 radical (unpaired) electrons. The minimum Gasteiger partial charge on any atom is -0.550 e. The number of aliphatic hydroxyl groups is 2. The molecule has 0 saturated heterocycles. The molecule has 1 heterocycles. The van der Waals surface area contributed by atoms with Crippen molar-refractivity contribution in [3.8, 4) is 11.1 Å². The van der Waals surface area contributed by atoms with E-state index >= 15 is 0 Å². The van der Waals surface area contributed by atoms with E-state index in [-0.39, 0.29) is 47.8 Å². The number of aromatic nitrogens is 1. The van der Waals surface area contributed by atoms with Crippen molar-refractivity contribution in [1.29, 1.82) is 0 Å². The Labute approximate surface area is 187 Å². The Morgan fingerprint density at radius 2 is 1.79 bits per heavy atom. The van der Waals surface area contributed by atoms with Gasteiger partial charge in [-0.25, -0.2) is 4.39 Å². The topological polar surface area (TPSA) is 85.5 Å². The van der Waals surface area contributed by atoms with Gasteiger partial charge in [-0.15, -0.1) is 0 Å². The first-order valence-electron chi connectivity index (χ1n) is 9.21. The average molecular weight is 399 g/mol. The summed E-state index contributed by atoms with van der Waals surface area (Å²) in [7, 11) is 0. The summed E-state index contributed by atoms with van der Waals surface area (Å²) in [6, 6.07) is 6.57. The molecule has 0 aliphatic carbocycles. The van der Waals surface area contributed by atoms with Crippen molar-refractivity contribution in [3.05, 3.63) is 47.5 Å². The number of carboxylic acid groups (broad SMARTS) is 1. The number of carboxylic acids is 1. The summed E-state index contributed by atoms with van der Waals surface area (Å²) in [6.07, 6.45) is 0.563. The molecule has 0 saturated carbocycles. The minimum atomic E-state index is -1.34. The number of hydrogen-bond acceptors (Lipinski definition) is 4. The molecule has 0 aliphatic rings. The predicted molar refractivity (Wildman–Crippen MR) is 99.5 cm³/mol. The summed E-state index contributed by atoms with van der Waals surface area (Å²) in [4.78, 5) is 10.5. The van der Waals surface area contributed by atoms with Crippen LogP contribution in [0.4, 0.5) is 4.39 Å². The van der Waals surface area contributed by atoms with Crippen LogP contribution in [0.5, 0.6) is 0 Å². The van der Waals surface area contributed by atoms with Gasteiger partial charge in [-0.2, -0.15) is 0 Å². The van der Waals surface area contributed by atoms with Gasteiger partial charge >= 0.3 is 29.6 Å². The van der Waals surface area contributed by atoms with Crippen molar-refractivity contribution < 1.29 is 54.1 Å². The van der Waals surface area contributed by atoms with Crippen LogP contribution in [0, 0.1) is 12.7 Å². The number of benzene rings is 1. The van der Waals surface area contributed by atoms with E-state index < -0.39 is 24.6 Å². The molecule has 0 spiro atoms. The Balaban J connectivity index is 0.00000392. The fourth-order valence-corrected chi connectivity index (χ4v) is 3.41. The van der Waals surface area contributed by atoms with Crippen molar-refractivity contribution in [3.63, 3.8) is 0 Å². The van der Waals surface area contributed by atoms with Gasteiger partial charge in [0.2, 0.25) is 0 Å². The molecule has 2 aromatic rings. The standard InChI is InChI=1S/C21H28FNO4.Na/c1-13(2)23-12-20(15-4-6-16(22)7-5-15)19(14(23)3)9-8-17(24)10-18(25)11-21(26)27;/h4-7,12-13,17-18,24-25H,8-11H2,1-3H3,(H,26,27);/q;+1/p-1. The van der Waals surface area contributed by atoms with Gasteiger partial charge in [0.1, 0.15) is 5.82 Å². The molecule has 1 aromatic heterocycles. The molecule has 2 rings (SSSR count). The van der Waals surface area contributed by atoms with Crippen molar-refractivity contribution in [1.82, 2.24) is 4.57 Å². The van der Waals surface area contributed by atoms with Crippen LogP contribution < -0.4 is 34.7 Å². The molecule has 0 aliphatic heterocycles. The summed E-state index contributed by atoms with van der Waals surface area (Å²) < 4.78 is 15.4. The number of halogens is 1. The maximum Gasteiger partial charge on any atom is 1.00 e. The normalized spacial score (nSPS) is 13.2. The minimum absolute atomic E-state index is 0. The van der Waals surface area contributed by atoms with Crippen LogP contribution in [0.2, 0.25) is 0 Å². The fraction of sp³-hybridized carbons (Fsp3) is 0.476. The van der Waals surface area contributed by atoms with E-state index in [0.717, 1.165) is 22.4 Å². The van der Waals surface area contributed by atoms with E-state index in [9.17, 15) is 24.5 Å². The van der Waals surface area contributed by atoms with E-state index in [0.29, 0.717) is 12.8 Å². The molecule has 2 unspecified atom stereocenters. The molecule has 28 heavy (non-hydrogen) atoms. The van der Waals surface area contributed by atoms with Gasteiger partial charge in [0.05, 0.1) is 12.2 Å². The SMILES string of the molecule is Cc1c(CCC(O)CC(O)CC(=O)[O-])c(-c2ccc(F)cc2)cn1C(C)C.[Na+]. The number of carbonyl (C=O) groups is 1. The number of rotatable bonds is 9. The molecule has 0 bridgehead atoms. The summed E-state index contributed by atoms with van der Waals surface area (Å²) >= 11 is 0. The maximum atomic E-state index is 13.3. The van der Waals surface area contributed by atoms with Gasteiger partial charge in [-0.05, 0) is 63.3 Å². The van der Waals surface area contributed by atoms with Gasteiger partial charge < -0.3 is 24.7 Å². The Hall–Kier alpha value is -1.18. The first-order chi connectivity index (χ1) is 12.7. The Morgan fingerprint density at radius 1 is 1.18 bits per heavy atom. The van der Waals surface area contributed by atoms with Crippen molar-refractivity contribution in [2.24, 2.45) is 0 Å². The van der Waals surface area contributed by atoms with Crippen LogP contribution in [0.25, 0.3) is 11.1 Å². The summed E-state index contributed by atoms with van der Waals surface area (Å²) in [5.41, 5.74) is 4.03. The number of hydrogen-bond donors (Lipinski definition) is 2. The van der Waals surface area contributed by atoms with Crippen molar-refractivity contribution >= 4 is 5.97 Å². The van der Waals surface area contributed by atoms with E-state index in [2.05, 4.69) is 18.4 Å². The number of aliphatic carboxylic acids is 1. The average Bonchev–Trinajstić information content (AvgIpc) is 2.89. The zero-order valence-corrected chi connectivity index (χ0v) is 19.0. The molecule has 148 valence electrons. The van der Waals surface area contributed by atoms with Crippen LogP contribution in [0.15, 0.2) is 30.5 Å². The first-order valence-corrected chi connectivity index (χ1v) is 9.21. The van der Waals surface area contributed by atoms with E-state index in [1.807, 2.05) is 13.1 Å². The zero-order valence-electron chi connectivity index (χ0n) is 17.0. The van der Waals surface area contributed by atoms with Crippen molar-refractivity contribution in [2.45, 2.75) is 64.7 Å². The van der Waals surface area contributed by atoms with Crippen LogP contribution in [0.1, 0.15) is 50.4 Å². The Bertz CT molecular complexity index is 773. The maximum absolute atomic E-state index is 13.3. The number of nitrogens with zero attached hydrogens (tertiary/aromatic N) is 1. The smallest absolute Gasteiger partial charge is 0.550 e. The number of aliphatic hydroxyl groups excluding tert-OH is 2. The summed E-state index contributed by atoms with van der Waals surface area (Å²) in [5, 5.41) is 30.4. The van der Waals surface area contributed by atoms with Gasteiger partial charge in [0, 0.05) is 35.9 Å². The van der Waals surface area contributed by atoms with Crippen LogP contribution in [-0.2, 0) is 11.2 Å². The molecule has 2 N–H and O–H groups in total. The molecule has 2 atom stereocenters. The third kappa shape index (κ3) is 6.71. The molecule has 1 aromatic carbocycles. The predicted octanol–water partition coefficient (Wildman–Crippen LogP) is -0.628. The second kappa shape index (κ2) is 11.1. The zero-order chi connectivity index (χ0) is 20.1. The quantitative estimate of drug-likeness (QED) is 0.550. The Morgan fingerprint density at radius 3 is 2.32 bits per heavy atom. The van der Waals surface area contributed by atoms with E-state index in [1.165, 1.54) is 12.1 Å². The van der Waals surface area contributed by atoms with Crippen LogP contribution in [0.3, 0.4) is 0 Å². The second-order valence-corrected chi connectivity index (χ2v) is 7.27. The molecule has 7 heteroatoms. The Kier molecular flexibility index (Phi) is 9.87.